The molecule has 1 saturated carbocycles. The average Bonchev–Trinajstić information content (AvgIpc) is 2.63. The smallest absolute Gasteiger partial charge is 0.254 e. The van der Waals surface area contributed by atoms with Crippen molar-refractivity contribution < 1.29 is 9.59 Å². The number of anilines is 3. The zero-order valence-corrected chi connectivity index (χ0v) is 15.7. The number of aromatic nitrogens is 2. The van der Waals surface area contributed by atoms with E-state index < -0.39 is 5.91 Å². The number of nitrogens with two attached hydrogens (primary N) is 3. The van der Waals surface area contributed by atoms with Gasteiger partial charge in [0.15, 0.2) is 0 Å². The van der Waals surface area contributed by atoms with Crippen LogP contribution in [0, 0.1) is 12.8 Å². The fourth-order valence-corrected chi connectivity index (χ4v) is 3.37. The largest absolute Gasteiger partial charge is 0.369 e. The van der Waals surface area contributed by atoms with Gasteiger partial charge in [0, 0.05) is 29.9 Å². The molecular weight excluding hydrogens is 358 g/mol. The zero-order valence-electron chi connectivity index (χ0n) is 15.7. The van der Waals surface area contributed by atoms with Gasteiger partial charge < -0.3 is 27.8 Å². The molecule has 28 heavy (non-hydrogen) atoms. The molecule has 9 nitrogen and oxygen atoms in total. The van der Waals surface area contributed by atoms with E-state index >= 15 is 0 Å². The first-order valence-electron chi connectivity index (χ1n) is 9.15. The molecule has 1 heterocycles. The Morgan fingerprint density at radius 2 is 2.00 bits per heavy atom. The molecule has 1 aliphatic carbocycles. The van der Waals surface area contributed by atoms with E-state index in [1.165, 1.54) is 6.20 Å². The molecule has 1 aliphatic rings. The van der Waals surface area contributed by atoms with Crippen molar-refractivity contribution in [2.24, 2.45) is 23.1 Å². The van der Waals surface area contributed by atoms with Crippen LogP contribution < -0.4 is 27.8 Å². The summed E-state index contributed by atoms with van der Waals surface area (Å²) in [5.74, 6) is -0.598. The number of hydrogen-bond acceptors (Lipinski definition) is 7. The Hall–Kier alpha value is -3.20. The van der Waals surface area contributed by atoms with Crippen LogP contribution in [-0.4, -0.2) is 33.9 Å². The third-order valence-corrected chi connectivity index (χ3v) is 4.96. The van der Waals surface area contributed by atoms with Crippen LogP contribution in [0.25, 0.3) is 0 Å². The molecule has 0 aliphatic heterocycles. The van der Waals surface area contributed by atoms with Crippen molar-refractivity contribution in [2.45, 2.75) is 38.3 Å². The van der Waals surface area contributed by atoms with Gasteiger partial charge >= 0.3 is 0 Å². The van der Waals surface area contributed by atoms with Gasteiger partial charge in [-0.05, 0) is 43.9 Å². The van der Waals surface area contributed by atoms with Crippen molar-refractivity contribution in [3.63, 3.8) is 0 Å². The number of aryl methyl sites for hydroxylation is 1. The summed E-state index contributed by atoms with van der Waals surface area (Å²) in [6, 6.07) is 7.30. The first-order chi connectivity index (χ1) is 13.3. The fourth-order valence-electron chi connectivity index (χ4n) is 3.37. The van der Waals surface area contributed by atoms with Gasteiger partial charge in [0.05, 0.1) is 0 Å². The van der Waals surface area contributed by atoms with E-state index in [1.54, 1.807) is 0 Å². The highest BCUT2D eigenvalue weighted by molar-refractivity contribution is 5.98. The van der Waals surface area contributed by atoms with Crippen molar-refractivity contribution in [3.8, 4) is 0 Å². The van der Waals surface area contributed by atoms with Crippen molar-refractivity contribution in [1.29, 1.82) is 0 Å². The summed E-state index contributed by atoms with van der Waals surface area (Å²) in [6.45, 7) is 1.97. The van der Waals surface area contributed by atoms with Crippen LogP contribution in [0.5, 0.6) is 0 Å². The third kappa shape index (κ3) is 4.55. The van der Waals surface area contributed by atoms with Gasteiger partial charge in [0.2, 0.25) is 11.9 Å². The molecule has 1 aromatic heterocycles. The van der Waals surface area contributed by atoms with Crippen LogP contribution in [0.1, 0.15) is 35.2 Å². The van der Waals surface area contributed by atoms with Crippen LogP contribution in [0.15, 0.2) is 30.5 Å². The van der Waals surface area contributed by atoms with Gasteiger partial charge in [-0.1, -0.05) is 12.1 Å². The Balaban J connectivity index is 1.84. The Morgan fingerprint density at radius 1 is 1.21 bits per heavy atom. The predicted molar refractivity (Wildman–Crippen MR) is 107 cm³/mol. The summed E-state index contributed by atoms with van der Waals surface area (Å²) >= 11 is 0. The van der Waals surface area contributed by atoms with Crippen LogP contribution >= 0.6 is 0 Å². The maximum Gasteiger partial charge on any atom is 0.254 e. The molecule has 0 spiro atoms. The summed E-state index contributed by atoms with van der Waals surface area (Å²) in [5.41, 5.74) is 19.1. The lowest BCUT2D eigenvalue weighted by atomic mass is 9.82. The van der Waals surface area contributed by atoms with Crippen LogP contribution in [0.3, 0.4) is 0 Å². The molecule has 3 atom stereocenters. The van der Waals surface area contributed by atoms with E-state index in [4.69, 9.17) is 17.2 Å². The molecule has 0 unspecified atom stereocenters. The molecule has 2 amide bonds. The second-order valence-electron chi connectivity index (χ2n) is 7.14. The summed E-state index contributed by atoms with van der Waals surface area (Å²) in [6.07, 6.45) is 3.24. The Kier molecular flexibility index (Phi) is 5.74. The van der Waals surface area contributed by atoms with Crippen molar-refractivity contribution in [2.75, 3.05) is 10.6 Å². The van der Waals surface area contributed by atoms with Crippen molar-refractivity contribution >= 4 is 29.3 Å². The van der Waals surface area contributed by atoms with E-state index in [0.29, 0.717) is 31.0 Å². The number of amides is 2. The van der Waals surface area contributed by atoms with Gasteiger partial charge in [-0.3, -0.25) is 9.59 Å². The molecular formula is C19H25N7O2. The molecule has 2 aromatic rings. The van der Waals surface area contributed by atoms with E-state index in [9.17, 15) is 9.59 Å². The van der Waals surface area contributed by atoms with Gasteiger partial charge in [-0.25, -0.2) is 4.98 Å². The number of benzene rings is 1. The first-order valence-corrected chi connectivity index (χ1v) is 9.15. The van der Waals surface area contributed by atoms with Gasteiger partial charge in [0.25, 0.3) is 5.91 Å². The fraction of sp³-hybridized carbons (Fsp3) is 0.368. The maximum atomic E-state index is 11.8. The van der Waals surface area contributed by atoms with Crippen LogP contribution in [-0.2, 0) is 4.79 Å². The molecule has 1 aromatic carbocycles. The predicted octanol–water partition coefficient (Wildman–Crippen LogP) is 1.02. The second-order valence-corrected chi connectivity index (χ2v) is 7.14. The number of primary amides is 2. The number of nitrogens with one attached hydrogen (secondary N) is 2. The average molecular weight is 383 g/mol. The number of rotatable bonds is 6. The number of hydrogen-bond donors (Lipinski definition) is 5. The van der Waals surface area contributed by atoms with E-state index in [-0.39, 0.29) is 29.5 Å². The lowest BCUT2D eigenvalue weighted by Gasteiger charge is -2.33. The molecule has 0 radical (unpaired) electrons. The second kappa shape index (κ2) is 8.22. The Bertz CT molecular complexity index is 886. The molecule has 0 saturated heterocycles. The first kappa shape index (κ1) is 19.6. The van der Waals surface area contributed by atoms with Crippen molar-refractivity contribution in [1.82, 2.24) is 9.97 Å². The van der Waals surface area contributed by atoms with Crippen LogP contribution in [0.2, 0.25) is 0 Å². The van der Waals surface area contributed by atoms with Crippen molar-refractivity contribution in [3.05, 3.63) is 41.6 Å². The quantitative estimate of drug-likeness (QED) is 0.497. The highest BCUT2D eigenvalue weighted by Crippen LogP contribution is 2.26. The lowest BCUT2D eigenvalue weighted by molar-refractivity contribution is -0.122. The van der Waals surface area contributed by atoms with E-state index in [0.717, 1.165) is 11.3 Å². The number of nitrogens with zero attached hydrogens (tertiary/aromatic N) is 2. The molecule has 9 heteroatoms. The minimum atomic E-state index is -0.634. The summed E-state index contributed by atoms with van der Waals surface area (Å²) < 4.78 is 0. The monoisotopic (exact) mass is 383 g/mol. The molecule has 8 N–H and O–H groups in total. The topological polar surface area (TPSA) is 162 Å². The SMILES string of the molecule is Cc1cccc(Nc2nc(N[C@@H]3C[C@@H](C(N)=O)CC[C@@H]3N)ncc2C(N)=O)c1. The lowest BCUT2D eigenvalue weighted by Crippen LogP contribution is -2.47. The maximum absolute atomic E-state index is 11.8. The number of carbonyl (C=O) groups excluding carboxylic acids is 2. The number of carbonyl (C=O) groups is 2. The summed E-state index contributed by atoms with van der Waals surface area (Å²) in [5, 5.41) is 6.29. The summed E-state index contributed by atoms with van der Waals surface area (Å²) in [4.78, 5) is 31.9. The highest BCUT2D eigenvalue weighted by atomic mass is 16.1. The van der Waals surface area contributed by atoms with E-state index in [1.807, 2.05) is 31.2 Å². The van der Waals surface area contributed by atoms with Gasteiger partial charge in [-0.15, -0.1) is 0 Å². The van der Waals surface area contributed by atoms with Gasteiger partial charge in [-0.2, -0.15) is 4.98 Å². The van der Waals surface area contributed by atoms with E-state index in [2.05, 4.69) is 20.6 Å². The standard InChI is InChI=1S/C19H25N7O2/c1-10-3-2-4-12(7-10)24-18-13(17(22)28)9-23-19(26-18)25-15-8-11(16(21)27)5-6-14(15)20/h2-4,7,9,11,14-15H,5-6,8,20H2,1H3,(H2,21,27)(H2,22,28)(H2,23,24,25,26)/t11-,14-,15+/m0/s1. The normalized spacial score (nSPS) is 21.7. The molecule has 3 rings (SSSR count). The molecule has 1 fully saturated rings. The molecule has 148 valence electrons. The van der Waals surface area contributed by atoms with Crippen LogP contribution in [0.4, 0.5) is 17.5 Å². The minimum Gasteiger partial charge on any atom is -0.369 e. The highest BCUT2D eigenvalue weighted by Gasteiger charge is 2.31. The Labute approximate surface area is 163 Å². The Morgan fingerprint density at radius 3 is 2.68 bits per heavy atom. The molecule has 0 bridgehead atoms. The van der Waals surface area contributed by atoms with Gasteiger partial charge in [0.1, 0.15) is 11.4 Å². The minimum absolute atomic E-state index is 0.150. The zero-order chi connectivity index (χ0) is 20.3. The summed E-state index contributed by atoms with van der Waals surface area (Å²) in [7, 11) is 0. The third-order valence-electron chi connectivity index (χ3n) is 4.96.